The first-order valence-corrected chi connectivity index (χ1v) is 7.11. The van der Waals surface area contributed by atoms with E-state index in [-0.39, 0.29) is 0 Å². The third kappa shape index (κ3) is 2.73. The van der Waals surface area contributed by atoms with E-state index in [4.69, 9.17) is 22.1 Å². The van der Waals surface area contributed by atoms with Crippen molar-refractivity contribution < 1.29 is 4.74 Å². The van der Waals surface area contributed by atoms with Gasteiger partial charge < -0.3 is 15.5 Å². The van der Waals surface area contributed by atoms with E-state index in [1.165, 1.54) is 0 Å². The van der Waals surface area contributed by atoms with Gasteiger partial charge in [-0.3, -0.25) is 0 Å². The number of halogens is 2. The van der Waals surface area contributed by atoms with Gasteiger partial charge in [-0.1, -0.05) is 27.5 Å². The van der Waals surface area contributed by atoms with E-state index in [1.807, 2.05) is 24.3 Å². The van der Waals surface area contributed by atoms with E-state index >= 15 is 0 Å². The lowest BCUT2D eigenvalue weighted by Gasteiger charge is -2.03. The predicted molar refractivity (Wildman–Crippen MR) is 84.0 cm³/mol. The number of aromatic nitrogens is 2. The molecule has 0 amide bonds. The van der Waals surface area contributed by atoms with Gasteiger partial charge in [-0.05, 0) is 36.4 Å². The second-order valence-electron chi connectivity index (χ2n) is 4.32. The molecule has 20 heavy (non-hydrogen) atoms. The first kappa shape index (κ1) is 13.3. The van der Waals surface area contributed by atoms with Crippen molar-refractivity contribution in [2.24, 2.45) is 0 Å². The Morgan fingerprint density at radius 1 is 1.25 bits per heavy atom. The van der Waals surface area contributed by atoms with Crippen LogP contribution in [0.1, 0.15) is 5.82 Å². The van der Waals surface area contributed by atoms with Crippen molar-refractivity contribution in [1.82, 2.24) is 9.97 Å². The third-order valence-electron chi connectivity index (χ3n) is 2.82. The highest BCUT2D eigenvalue weighted by Crippen LogP contribution is 2.25. The average molecular weight is 353 g/mol. The number of hydrogen-bond acceptors (Lipinski definition) is 3. The topological polar surface area (TPSA) is 63.9 Å². The lowest BCUT2D eigenvalue weighted by atomic mass is 10.3. The van der Waals surface area contributed by atoms with Gasteiger partial charge in [0.25, 0.3) is 0 Å². The Morgan fingerprint density at radius 3 is 2.75 bits per heavy atom. The second-order valence-corrected chi connectivity index (χ2v) is 5.67. The number of benzene rings is 2. The van der Waals surface area contributed by atoms with Crippen LogP contribution in [0.5, 0.6) is 5.75 Å². The number of nitrogens with two attached hydrogens (primary N) is 1. The van der Waals surface area contributed by atoms with Crippen LogP contribution in [-0.4, -0.2) is 9.97 Å². The molecule has 3 N–H and O–H groups in total. The monoisotopic (exact) mass is 351 g/mol. The molecule has 0 fully saturated rings. The normalized spacial score (nSPS) is 10.9. The molecule has 0 saturated heterocycles. The molecular weight excluding hydrogens is 342 g/mol. The van der Waals surface area contributed by atoms with Crippen molar-refractivity contribution in [2.75, 3.05) is 5.73 Å². The highest BCUT2D eigenvalue weighted by molar-refractivity contribution is 9.10. The van der Waals surface area contributed by atoms with Crippen LogP contribution < -0.4 is 10.5 Å². The molecule has 0 radical (unpaired) electrons. The maximum Gasteiger partial charge on any atom is 0.146 e. The summed E-state index contributed by atoms with van der Waals surface area (Å²) in [6, 6.07) is 11.0. The minimum Gasteiger partial charge on any atom is -0.486 e. The maximum absolute atomic E-state index is 5.93. The van der Waals surface area contributed by atoms with Crippen LogP contribution in [0, 0.1) is 0 Å². The van der Waals surface area contributed by atoms with E-state index in [2.05, 4.69) is 25.9 Å². The quantitative estimate of drug-likeness (QED) is 0.696. The first-order chi connectivity index (χ1) is 9.61. The van der Waals surface area contributed by atoms with Gasteiger partial charge in [-0.25, -0.2) is 4.98 Å². The van der Waals surface area contributed by atoms with E-state index in [0.29, 0.717) is 17.3 Å². The molecule has 4 nitrogen and oxygen atoms in total. The van der Waals surface area contributed by atoms with Crippen molar-refractivity contribution in [3.63, 3.8) is 0 Å². The Morgan fingerprint density at radius 2 is 2.00 bits per heavy atom. The Labute approximate surface area is 129 Å². The number of ether oxygens (including phenoxy) is 1. The lowest BCUT2D eigenvalue weighted by Crippen LogP contribution is -1.97. The second kappa shape index (κ2) is 5.34. The van der Waals surface area contributed by atoms with E-state index < -0.39 is 0 Å². The van der Waals surface area contributed by atoms with Crippen LogP contribution in [0.2, 0.25) is 5.02 Å². The number of nitrogens with one attached hydrogen (secondary N) is 1. The van der Waals surface area contributed by atoms with Crippen LogP contribution in [0.25, 0.3) is 11.0 Å². The average Bonchev–Trinajstić information content (AvgIpc) is 2.81. The summed E-state index contributed by atoms with van der Waals surface area (Å²) in [5.74, 6) is 1.46. The number of aromatic amines is 1. The fourth-order valence-corrected chi connectivity index (χ4v) is 2.51. The molecule has 3 aromatic rings. The zero-order valence-corrected chi connectivity index (χ0v) is 12.7. The fourth-order valence-electron chi connectivity index (χ4n) is 1.91. The van der Waals surface area contributed by atoms with Crippen LogP contribution in [0.4, 0.5) is 5.69 Å². The first-order valence-electron chi connectivity index (χ1n) is 5.94. The molecule has 1 heterocycles. The molecule has 0 aliphatic heterocycles. The third-order valence-corrected chi connectivity index (χ3v) is 3.53. The molecule has 6 heteroatoms. The molecule has 3 rings (SSSR count). The number of fused-ring (bicyclic) bond motifs is 1. The smallest absolute Gasteiger partial charge is 0.146 e. The molecule has 0 bridgehead atoms. The molecule has 102 valence electrons. The van der Waals surface area contributed by atoms with Crippen LogP contribution in [-0.2, 0) is 6.61 Å². The summed E-state index contributed by atoms with van der Waals surface area (Å²) < 4.78 is 6.56. The minimum absolute atomic E-state index is 0.341. The highest BCUT2D eigenvalue weighted by Gasteiger charge is 2.07. The van der Waals surface area contributed by atoms with Gasteiger partial charge >= 0.3 is 0 Å². The molecule has 2 aromatic carbocycles. The van der Waals surface area contributed by atoms with Gasteiger partial charge in [-0.2, -0.15) is 0 Å². The molecule has 1 aromatic heterocycles. The SMILES string of the molecule is Nc1cc(Br)cc2[nH]c(COc3ccc(Cl)cc3)nc12. The van der Waals surface area contributed by atoms with Gasteiger partial charge in [-0.15, -0.1) is 0 Å². The summed E-state index contributed by atoms with van der Waals surface area (Å²) in [7, 11) is 0. The molecular formula is C14H11BrClN3O. The molecule has 0 aliphatic carbocycles. The summed E-state index contributed by atoms with van der Waals surface area (Å²) in [5.41, 5.74) is 8.19. The van der Waals surface area contributed by atoms with Crippen molar-refractivity contribution in [3.8, 4) is 5.75 Å². The minimum atomic E-state index is 0.341. The van der Waals surface area contributed by atoms with Crippen molar-refractivity contribution >= 4 is 44.3 Å². The van der Waals surface area contributed by atoms with Gasteiger partial charge in [0.05, 0.1) is 11.2 Å². The number of nitrogen functional groups attached to an aromatic ring is 1. The Kier molecular flexibility index (Phi) is 3.54. The molecule has 0 aliphatic rings. The molecule has 0 atom stereocenters. The lowest BCUT2D eigenvalue weighted by molar-refractivity contribution is 0.297. The number of rotatable bonds is 3. The van der Waals surface area contributed by atoms with Gasteiger partial charge in [0.2, 0.25) is 0 Å². The van der Waals surface area contributed by atoms with Crippen molar-refractivity contribution in [3.05, 3.63) is 51.7 Å². The van der Waals surface area contributed by atoms with Gasteiger partial charge in [0.15, 0.2) is 0 Å². The maximum atomic E-state index is 5.93. The van der Waals surface area contributed by atoms with Crippen LogP contribution >= 0.6 is 27.5 Å². The number of H-pyrrole nitrogens is 1. The summed E-state index contributed by atoms with van der Waals surface area (Å²) in [5, 5.41) is 0.679. The Balaban J connectivity index is 1.81. The molecule has 0 unspecified atom stereocenters. The van der Waals surface area contributed by atoms with Crippen LogP contribution in [0.3, 0.4) is 0 Å². The fraction of sp³-hybridized carbons (Fsp3) is 0.0714. The summed E-state index contributed by atoms with van der Waals surface area (Å²) in [4.78, 5) is 7.62. The van der Waals surface area contributed by atoms with Crippen molar-refractivity contribution in [1.29, 1.82) is 0 Å². The summed E-state index contributed by atoms with van der Waals surface area (Å²) in [6.07, 6.45) is 0. The van der Waals surface area contributed by atoms with E-state index in [0.717, 1.165) is 27.1 Å². The highest BCUT2D eigenvalue weighted by atomic mass is 79.9. The number of imidazole rings is 1. The molecule has 0 spiro atoms. The largest absolute Gasteiger partial charge is 0.486 e. The summed E-state index contributed by atoms with van der Waals surface area (Å²) in [6.45, 7) is 0.341. The number of nitrogens with zero attached hydrogens (tertiary/aromatic N) is 1. The zero-order chi connectivity index (χ0) is 14.1. The standard InChI is InChI=1S/C14H11BrClN3O/c15-8-5-11(17)14-12(6-8)18-13(19-14)7-20-10-3-1-9(16)2-4-10/h1-6H,7,17H2,(H,18,19). The zero-order valence-electron chi connectivity index (χ0n) is 10.4. The molecule has 0 saturated carbocycles. The van der Waals surface area contributed by atoms with Crippen LogP contribution in [0.15, 0.2) is 40.9 Å². The Bertz CT molecular complexity index is 755. The van der Waals surface area contributed by atoms with Gasteiger partial charge in [0, 0.05) is 9.50 Å². The van der Waals surface area contributed by atoms with Crippen molar-refractivity contribution in [2.45, 2.75) is 6.61 Å². The number of anilines is 1. The number of hydrogen-bond donors (Lipinski definition) is 2. The Hall–Kier alpha value is -1.72. The summed E-state index contributed by atoms with van der Waals surface area (Å²) >= 11 is 9.23. The van der Waals surface area contributed by atoms with E-state index in [1.54, 1.807) is 12.1 Å². The predicted octanol–water partition coefficient (Wildman–Crippen LogP) is 4.14. The van der Waals surface area contributed by atoms with Gasteiger partial charge in [0.1, 0.15) is 23.7 Å². The van der Waals surface area contributed by atoms with E-state index in [9.17, 15) is 0 Å².